The maximum absolute atomic E-state index is 12.2. The molecule has 0 saturated carbocycles. The van der Waals surface area contributed by atoms with Crippen molar-refractivity contribution < 1.29 is 4.79 Å². The predicted octanol–water partition coefficient (Wildman–Crippen LogP) is 2.90. The molecule has 1 amide bonds. The molecule has 4 rings (SSSR count). The molecule has 4 heterocycles. The van der Waals surface area contributed by atoms with Crippen LogP contribution in [0.25, 0.3) is 5.82 Å². The van der Waals surface area contributed by atoms with Crippen LogP contribution in [0.5, 0.6) is 0 Å². The maximum Gasteiger partial charge on any atom is 0.228 e. The Morgan fingerprint density at radius 2 is 2.12 bits per heavy atom. The van der Waals surface area contributed by atoms with Gasteiger partial charge in [0, 0.05) is 13.1 Å². The first-order valence-electron chi connectivity index (χ1n) is 8.70. The number of aromatic nitrogens is 4. The first-order chi connectivity index (χ1) is 12.8. The zero-order chi connectivity index (χ0) is 17.8. The van der Waals surface area contributed by atoms with Gasteiger partial charge < -0.3 is 10.2 Å². The van der Waals surface area contributed by atoms with Crippen LogP contribution in [0.15, 0.2) is 41.7 Å². The van der Waals surface area contributed by atoms with Gasteiger partial charge in [-0.15, -0.1) is 0 Å². The minimum absolute atomic E-state index is 0.0538. The Balaban J connectivity index is 1.50. The summed E-state index contributed by atoms with van der Waals surface area (Å²) in [5, 5.41) is 11.2. The van der Waals surface area contributed by atoms with Crippen molar-refractivity contribution in [3.8, 4) is 5.82 Å². The highest BCUT2D eigenvalue weighted by molar-refractivity contribution is 7.08. The smallest absolute Gasteiger partial charge is 0.228 e. The zero-order valence-corrected chi connectivity index (χ0v) is 15.2. The number of anilines is 2. The summed E-state index contributed by atoms with van der Waals surface area (Å²) >= 11 is 1.59. The number of hydrogen-bond acceptors (Lipinski definition) is 6. The molecule has 26 heavy (non-hydrogen) atoms. The van der Waals surface area contributed by atoms with Crippen molar-refractivity contribution in [2.75, 3.05) is 23.3 Å². The summed E-state index contributed by atoms with van der Waals surface area (Å²) in [6.45, 7) is 2.01. The first-order valence-corrected chi connectivity index (χ1v) is 9.65. The molecule has 0 radical (unpaired) electrons. The molecule has 0 atom stereocenters. The van der Waals surface area contributed by atoms with E-state index in [0.717, 1.165) is 30.2 Å². The van der Waals surface area contributed by atoms with Crippen molar-refractivity contribution in [2.45, 2.75) is 25.7 Å². The minimum Gasteiger partial charge on any atom is -0.367 e. The third-order valence-corrected chi connectivity index (χ3v) is 5.13. The van der Waals surface area contributed by atoms with Gasteiger partial charge in [0.15, 0.2) is 5.82 Å². The summed E-state index contributed by atoms with van der Waals surface area (Å²) in [4.78, 5) is 23.1. The standard InChI is InChI=1S/C18H20N6OS/c25-17(8-14-4-7-26-12-14)22-15-9-21-24(11-15)18-16(10-19-13-20-18)23-5-2-1-3-6-23/h4,7,9-13H,1-3,5-6,8H2,(H,22,25). The number of thiophene rings is 1. The number of amides is 1. The summed E-state index contributed by atoms with van der Waals surface area (Å²) in [5.74, 6) is 0.683. The van der Waals surface area contributed by atoms with Crippen molar-refractivity contribution in [3.63, 3.8) is 0 Å². The van der Waals surface area contributed by atoms with E-state index in [2.05, 4.69) is 25.3 Å². The van der Waals surface area contributed by atoms with E-state index in [1.54, 1.807) is 28.4 Å². The normalized spacial score (nSPS) is 14.4. The van der Waals surface area contributed by atoms with E-state index in [4.69, 9.17) is 0 Å². The molecular weight excluding hydrogens is 348 g/mol. The monoisotopic (exact) mass is 368 g/mol. The van der Waals surface area contributed by atoms with Gasteiger partial charge in [0.25, 0.3) is 0 Å². The molecule has 0 bridgehead atoms. The SMILES string of the molecule is O=C(Cc1ccsc1)Nc1cnn(-c2ncncc2N2CCCCC2)c1. The van der Waals surface area contributed by atoms with Crippen molar-refractivity contribution in [3.05, 3.63) is 47.3 Å². The van der Waals surface area contributed by atoms with Crippen LogP contribution in [-0.2, 0) is 11.2 Å². The van der Waals surface area contributed by atoms with Gasteiger partial charge in [0.05, 0.1) is 30.7 Å². The van der Waals surface area contributed by atoms with Crippen LogP contribution in [-0.4, -0.2) is 38.7 Å². The molecule has 134 valence electrons. The van der Waals surface area contributed by atoms with E-state index in [1.807, 2.05) is 23.0 Å². The fourth-order valence-corrected chi connectivity index (χ4v) is 3.81. The summed E-state index contributed by atoms with van der Waals surface area (Å²) in [6, 6.07) is 1.96. The second-order valence-corrected chi connectivity index (χ2v) is 7.09. The van der Waals surface area contributed by atoms with Gasteiger partial charge in [0.2, 0.25) is 5.91 Å². The van der Waals surface area contributed by atoms with Crippen LogP contribution in [0, 0.1) is 0 Å². The Morgan fingerprint density at radius 1 is 1.23 bits per heavy atom. The predicted molar refractivity (Wildman–Crippen MR) is 102 cm³/mol. The number of carbonyl (C=O) groups excluding carboxylic acids is 1. The molecule has 1 N–H and O–H groups in total. The van der Waals surface area contributed by atoms with Gasteiger partial charge in [-0.1, -0.05) is 0 Å². The number of carbonyl (C=O) groups is 1. The number of piperidine rings is 1. The molecular formula is C18H20N6OS. The van der Waals surface area contributed by atoms with Crippen molar-refractivity contribution in [1.82, 2.24) is 19.7 Å². The minimum atomic E-state index is -0.0538. The number of nitrogens with one attached hydrogen (secondary N) is 1. The molecule has 3 aromatic heterocycles. The molecule has 7 nitrogen and oxygen atoms in total. The van der Waals surface area contributed by atoms with Gasteiger partial charge in [-0.25, -0.2) is 14.6 Å². The highest BCUT2D eigenvalue weighted by Crippen LogP contribution is 2.25. The molecule has 0 unspecified atom stereocenters. The lowest BCUT2D eigenvalue weighted by molar-refractivity contribution is -0.115. The molecule has 1 saturated heterocycles. The Labute approximate surface area is 155 Å². The van der Waals surface area contributed by atoms with Crippen LogP contribution in [0.3, 0.4) is 0 Å². The molecule has 1 fully saturated rings. The van der Waals surface area contributed by atoms with Gasteiger partial charge in [-0.2, -0.15) is 16.4 Å². The fraction of sp³-hybridized carbons (Fsp3) is 0.333. The van der Waals surface area contributed by atoms with Crippen LogP contribution in [0.4, 0.5) is 11.4 Å². The second-order valence-electron chi connectivity index (χ2n) is 6.31. The van der Waals surface area contributed by atoms with E-state index in [-0.39, 0.29) is 5.91 Å². The molecule has 0 aromatic carbocycles. The fourth-order valence-electron chi connectivity index (χ4n) is 3.14. The summed E-state index contributed by atoms with van der Waals surface area (Å²) in [6.07, 6.45) is 10.8. The zero-order valence-electron chi connectivity index (χ0n) is 14.3. The van der Waals surface area contributed by atoms with E-state index < -0.39 is 0 Å². The molecule has 8 heteroatoms. The summed E-state index contributed by atoms with van der Waals surface area (Å²) in [5.41, 5.74) is 2.66. The third-order valence-electron chi connectivity index (χ3n) is 4.40. The van der Waals surface area contributed by atoms with Gasteiger partial charge >= 0.3 is 0 Å². The van der Waals surface area contributed by atoms with E-state index in [0.29, 0.717) is 12.1 Å². The van der Waals surface area contributed by atoms with Gasteiger partial charge in [0.1, 0.15) is 12.0 Å². The lowest BCUT2D eigenvalue weighted by Crippen LogP contribution is -2.30. The number of hydrogen-bond donors (Lipinski definition) is 1. The molecule has 3 aromatic rings. The Hall–Kier alpha value is -2.74. The Morgan fingerprint density at radius 3 is 2.92 bits per heavy atom. The van der Waals surface area contributed by atoms with E-state index in [1.165, 1.54) is 25.6 Å². The van der Waals surface area contributed by atoms with Crippen LogP contribution >= 0.6 is 11.3 Å². The highest BCUT2D eigenvalue weighted by atomic mass is 32.1. The average molecular weight is 368 g/mol. The molecule has 1 aliphatic heterocycles. The average Bonchev–Trinajstić information content (AvgIpc) is 3.34. The van der Waals surface area contributed by atoms with E-state index in [9.17, 15) is 4.79 Å². The second kappa shape index (κ2) is 7.65. The van der Waals surface area contributed by atoms with Crippen LogP contribution in [0.2, 0.25) is 0 Å². The van der Waals surface area contributed by atoms with Gasteiger partial charge in [-0.05, 0) is 41.7 Å². The summed E-state index contributed by atoms with van der Waals surface area (Å²) < 4.78 is 1.70. The number of rotatable bonds is 5. The largest absolute Gasteiger partial charge is 0.367 e. The third kappa shape index (κ3) is 3.75. The molecule has 1 aliphatic rings. The molecule has 0 spiro atoms. The van der Waals surface area contributed by atoms with Crippen molar-refractivity contribution >= 4 is 28.6 Å². The topological polar surface area (TPSA) is 75.9 Å². The van der Waals surface area contributed by atoms with E-state index >= 15 is 0 Å². The lowest BCUT2D eigenvalue weighted by atomic mass is 10.1. The Bertz CT molecular complexity index is 869. The Kier molecular flexibility index (Phi) is 4.92. The van der Waals surface area contributed by atoms with Gasteiger partial charge in [-0.3, -0.25) is 4.79 Å². The molecule has 0 aliphatic carbocycles. The van der Waals surface area contributed by atoms with Crippen molar-refractivity contribution in [1.29, 1.82) is 0 Å². The van der Waals surface area contributed by atoms with Crippen molar-refractivity contribution in [2.24, 2.45) is 0 Å². The van der Waals surface area contributed by atoms with Crippen LogP contribution < -0.4 is 10.2 Å². The number of nitrogens with zero attached hydrogens (tertiary/aromatic N) is 5. The first kappa shape index (κ1) is 16.7. The summed E-state index contributed by atoms with van der Waals surface area (Å²) in [7, 11) is 0. The highest BCUT2D eigenvalue weighted by Gasteiger charge is 2.17. The van der Waals surface area contributed by atoms with Crippen LogP contribution in [0.1, 0.15) is 24.8 Å². The quantitative estimate of drug-likeness (QED) is 0.749. The maximum atomic E-state index is 12.2. The lowest BCUT2D eigenvalue weighted by Gasteiger charge is -2.29.